The minimum Gasteiger partial charge on any atom is -0.477 e. The van der Waals surface area contributed by atoms with Gasteiger partial charge >= 0.3 is 17.9 Å². The summed E-state index contributed by atoms with van der Waals surface area (Å²) in [6, 6.07) is 0. The SMILES string of the molecule is CC/C=C\C/C=C\C/C=C\C/C=C\C/C=C\C/C=C\C/C=C\CCCCCCCCCCCCCCCCCCCCCC(=O)OC(COC(=O)CCCCCCCCCCCCCCCCCCCC)COC(OCC[N+](C)(C)C)C(=O)O. The largest absolute Gasteiger partial charge is 0.477 e. The van der Waals surface area contributed by atoms with E-state index in [2.05, 4.69) is 98.9 Å². The van der Waals surface area contributed by atoms with Gasteiger partial charge in [-0.3, -0.25) is 9.59 Å². The van der Waals surface area contributed by atoms with E-state index in [-0.39, 0.29) is 38.2 Å². The van der Waals surface area contributed by atoms with Gasteiger partial charge in [0, 0.05) is 12.8 Å². The van der Waals surface area contributed by atoms with E-state index in [1.807, 2.05) is 21.1 Å². The number of unbranched alkanes of at least 4 members (excludes halogenated alkanes) is 36. The van der Waals surface area contributed by atoms with Gasteiger partial charge in [0.05, 0.1) is 34.4 Å². The lowest BCUT2D eigenvalue weighted by Gasteiger charge is -2.25. The lowest BCUT2D eigenvalue weighted by Crippen LogP contribution is -2.40. The topological polar surface area (TPSA) is 108 Å². The maximum absolute atomic E-state index is 12.9. The third-order valence-electron chi connectivity index (χ3n) is 15.4. The number of nitrogens with zero attached hydrogens (tertiary/aromatic N) is 1. The molecule has 2 atom stereocenters. The molecule has 9 nitrogen and oxygen atoms in total. The number of carboxylic acids is 1. The molecule has 0 heterocycles. The van der Waals surface area contributed by atoms with Crippen LogP contribution in [0.3, 0.4) is 0 Å². The Morgan fingerprint density at radius 3 is 1.01 bits per heavy atom. The Labute approximate surface area is 519 Å². The molecule has 0 amide bonds. The number of likely N-dealkylation sites (N-methyl/N-ethyl adjacent to an activating group) is 1. The van der Waals surface area contributed by atoms with Crippen molar-refractivity contribution in [1.29, 1.82) is 0 Å². The van der Waals surface area contributed by atoms with E-state index in [0.717, 1.165) is 83.5 Å². The Morgan fingerprint density at radius 2 is 0.679 bits per heavy atom. The van der Waals surface area contributed by atoms with Crippen LogP contribution < -0.4 is 0 Å². The number of rotatable bonds is 65. The molecule has 0 saturated heterocycles. The fourth-order valence-corrected chi connectivity index (χ4v) is 10.1. The van der Waals surface area contributed by atoms with E-state index >= 15 is 0 Å². The second-order valence-corrected chi connectivity index (χ2v) is 24.8. The molecule has 0 rings (SSSR count). The molecule has 0 aromatic carbocycles. The van der Waals surface area contributed by atoms with Gasteiger partial charge in [0.15, 0.2) is 6.10 Å². The van der Waals surface area contributed by atoms with Gasteiger partial charge in [-0.1, -0.05) is 317 Å². The zero-order valence-electron chi connectivity index (χ0n) is 55.6. The summed E-state index contributed by atoms with van der Waals surface area (Å²) in [5.41, 5.74) is 0. The summed E-state index contributed by atoms with van der Waals surface area (Å²) in [5.74, 6) is -1.98. The zero-order chi connectivity index (χ0) is 61.2. The van der Waals surface area contributed by atoms with Crippen LogP contribution >= 0.6 is 0 Å². The molecule has 0 saturated carbocycles. The fourth-order valence-electron chi connectivity index (χ4n) is 10.1. The molecule has 0 bridgehead atoms. The smallest absolute Gasteiger partial charge is 0.361 e. The minimum absolute atomic E-state index is 0.178. The molecule has 0 fully saturated rings. The summed E-state index contributed by atoms with van der Waals surface area (Å²) in [4.78, 5) is 37.6. The van der Waals surface area contributed by atoms with Crippen LogP contribution in [0.15, 0.2) is 85.1 Å². The Balaban J connectivity index is 4.00. The van der Waals surface area contributed by atoms with Crippen LogP contribution in [0.1, 0.15) is 316 Å². The van der Waals surface area contributed by atoms with Crippen LogP contribution in [0.25, 0.3) is 0 Å². The molecule has 0 aromatic rings. The molecule has 0 aromatic heterocycles. The third kappa shape index (κ3) is 66.0. The highest BCUT2D eigenvalue weighted by atomic mass is 16.7. The fraction of sp³-hybridized carbons (Fsp3) is 0.773. The van der Waals surface area contributed by atoms with Crippen molar-refractivity contribution in [1.82, 2.24) is 0 Å². The summed E-state index contributed by atoms with van der Waals surface area (Å²) in [7, 11) is 5.98. The van der Waals surface area contributed by atoms with Gasteiger partial charge in [-0.05, 0) is 70.6 Å². The summed E-state index contributed by atoms with van der Waals surface area (Å²) in [5, 5.41) is 9.73. The second-order valence-electron chi connectivity index (χ2n) is 24.8. The van der Waals surface area contributed by atoms with E-state index in [1.54, 1.807) is 0 Å². The first-order valence-corrected chi connectivity index (χ1v) is 35.3. The normalized spacial score (nSPS) is 13.2. The number of allylic oxidation sites excluding steroid dienone is 14. The Morgan fingerprint density at radius 1 is 0.369 bits per heavy atom. The number of carbonyl (C=O) groups is 3. The average molecular weight is 1180 g/mol. The Bertz CT molecular complexity index is 1650. The summed E-state index contributed by atoms with van der Waals surface area (Å²) >= 11 is 0. The molecule has 0 aliphatic carbocycles. The molecule has 0 aliphatic heterocycles. The van der Waals surface area contributed by atoms with Crippen LogP contribution in [-0.4, -0.2) is 87.4 Å². The van der Waals surface area contributed by atoms with Crippen LogP contribution in [0, 0.1) is 0 Å². The predicted octanol–water partition coefficient (Wildman–Crippen LogP) is 21.9. The van der Waals surface area contributed by atoms with E-state index in [1.165, 1.54) is 205 Å². The first-order valence-electron chi connectivity index (χ1n) is 35.3. The van der Waals surface area contributed by atoms with Crippen molar-refractivity contribution in [3.05, 3.63) is 85.1 Å². The van der Waals surface area contributed by atoms with Crippen molar-refractivity contribution in [2.24, 2.45) is 0 Å². The van der Waals surface area contributed by atoms with E-state index < -0.39 is 18.4 Å². The molecular weight excluding hydrogens is 1040 g/mol. The number of ether oxygens (including phenoxy) is 4. The summed E-state index contributed by atoms with van der Waals surface area (Å²) < 4.78 is 23.0. The van der Waals surface area contributed by atoms with Crippen LogP contribution in [0.4, 0.5) is 0 Å². The van der Waals surface area contributed by atoms with Gasteiger partial charge in [-0.15, -0.1) is 0 Å². The highest BCUT2D eigenvalue weighted by molar-refractivity contribution is 5.71. The standard InChI is InChI=1S/C75H133NO8/c1-6-8-10-12-14-16-18-20-22-24-26-27-28-29-30-31-32-33-34-35-36-37-38-39-40-41-42-43-44-45-46-47-48-50-52-54-56-58-60-62-64-66-73(78)84-71(70-83-75(74(79)80)81-68-67-76(3,4)5)69-82-72(77)65-63-61-59-57-55-53-51-49-25-23-21-19-17-15-13-11-9-7-2/h8,10,14,16,20,22,26-27,29-30,32-33,35-36,71,75H,6-7,9,11-13,15,17-19,21,23-25,28,31,34,37-70H2,1-5H3/p+1/b10-8-,16-14-,22-20-,27-26-,30-29-,33-32-,36-35-. The van der Waals surface area contributed by atoms with Crippen LogP contribution in [0.5, 0.6) is 0 Å². The molecule has 486 valence electrons. The first kappa shape index (κ1) is 80.5. The maximum Gasteiger partial charge on any atom is 0.361 e. The first-order chi connectivity index (χ1) is 41.1. The Kier molecular flexibility index (Phi) is 62.7. The lowest BCUT2D eigenvalue weighted by atomic mass is 10.0. The lowest BCUT2D eigenvalue weighted by molar-refractivity contribution is -0.870. The van der Waals surface area contributed by atoms with Crippen molar-refractivity contribution in [3.63, 3.8) is 0 Å². The average Bonchev–Trinajstić information content (AvgIpc) is 3.52. The highest BCUT2D eigenvalue weighted by Crippen LogP contribution is 2.18. The number of carbonyl (C=O) groups excluding carboxylic acids is 2. The second kappa shape index (κ2) is 65.4. The van der Waals surface area contributed by atoms with E-state index in [0.29, 0.717) is 17.4 Å². The minimum atomic E-state index is -1.51. The number of aliphatic carboxylic acids is 1. The summed E-state index contributed by atoms with van der Waals surface area (Å²) in [6.45, 7) is 4.81. The molecule has 9 heteroatoms. The van der Waals surface area contributed by atoms with Gasteiger partial charge in [0.1, 0.15) is 13.2 Å². The quantitative estimate of drug-likeness (QED) is 0.0211. The highest BCUT2D eigenvalue weighted by Gasteiger charge is 2.25. The monoisotopic (exact) mass is 1180 g/mol. The predicted molar refractivity (Wildman–Crippen MR) is 359 cm³/mol. The van der Waals surface area contributed by atoms with Crippen molar-refractivity contribution in [2.45, 2.75) is 328 Å². The third-order valence-corrected chi connectivity index (χ3v) is 15.4. The number of hydrogen-bond donors (Lipinski definition) is 1. The van der Waals surface area contributed by atoms with E-state index in [9.17, 15) is 19.5 Å². The van der Waals surface area contributed by atoms with Gasteiger partial charge in [0.25, 0.3) is 6.29 Å². The molecular formula is C75H134NO8+. The van der Waals surface area contributed by atoms with Crippen LogP contribution in [0.2, 0.25) is 0 Å². The molecule has 2 unspecified atom stereocenters. The molecule has 84 heavy (non-hydrogen) atoms. The number of hydrogen-bond acceptors (Lipinski definition) is 7. The summed E-state index contributed by atoms with van der Waals surface area (Å²) in [6.07, 6.45) is 85.6. The van der Waals surface area contributed by atoms with Crippen molar-refractivity contribution in [2.75, 3.05) is 47.5 Å². The number of esters is 2. The number of carboxylic acid groups (broad SMARTS) is 1. The van der Waals surface area contributed by atoms with Crippen LogP contribution in [-0.2, 0) is 33.3 Å². The van der Waals surface area contributed by atoms with Crippen molar-refractivity contribution >= 4 is 17.9 Å². The number of quaternary nitrogens is 1. The molecule has 0 spiro atoms. The van der Waals surface area contributed by atoms with Gasteiger partial charge in [-0.2, -0.15) is 0 Å². The maximum atomic E-state index is 12.9. The molecule has 0 aliphatic rings. The molecule has 1 N–H and O–H groups in total. The van der Waals surface area contributed by atoms with Gasteiger partial charge in [-0.25, -0.2) is 4.79 Å². The Hall–Kier alpha value is -3.53. The zero-order valence-corrected chi connectivity index (χ0v) is 55.6. The van der Waals surface area contributed by atoms with E-state index in [4.69, 9.17) is 18.9 Å². The van der Waals surface area contributed by atoms with Crippen molar-refractivity contribution < 1.29 is 42.9 Å². The van der Waals surface area contributed by atoms with Crippen molar-refractivity contribution in [3.8, 4) is 0 Å². The van der Waals surface area contributed by atoms with Gasteiger partial charge in [0.2, 0.25) is 0 Å². The van der Waals surface area contributed by atoms with Gasteiger partial charge < -0.3 is 28.5 Å². The molecule has 0 radical (unpaired) electrons.